The van der Waals surface area contributed by atoms with E-state index in [1.807, 2.05) is 0 Å². The van der Waals surface area contributed by atoms with Gasteiger partial charge in [0.25, 0.3) is 0 Å². The van der Waals surface area contributed by atoms with Crippen LogP contribution in [0.2, 0.25) is 0 Å². The van der Waals surface area contributed by atoms with E-state index >= 15 is 0 Å². The zero-order chi connectivity index (χ0) is 18.3. The quantitative estimate of drug-likeness (QED) is 0.692. The lowest BCUT2D eigenvalue weighted by molar-refractivity contribution is 0.445. The molecule has 26 heavy (non-hydrogen) atoms. The smallest absolute Gasteiger partial charge is 0.205 e. The Bertz CT molecular complexity index is 935. The Kier molecular flexibility index (Phi) is 4.17. The lowest BCUT2D eigenvalue weighted by Crippen LogP contribution is -2.36. The Morgan fingerprint density at radius 2 is 2.15 bits per heavy atom. The molecule has 1 N–H and O–H groups in total. The second kappa shape index (κ2) is 6.38. The number of fused-ring (bicyclic) bond motifs is 1. The van der Waals surface area contributed by atoms with Crippen LogP contribution in [0.3, 0.4) is 0 Å². The standard InChI is InChI=1S/C21H26N4O/c1-5-6-18(24-20-19-17(26-25-20)11-22-12-23-19)21(10-15(21)4)16-8-7-13(2)9-14(16)3/h7-9,11-12,15,18H,5-6,10H2,1-4H3,(H,24,25). The zero-order valence-electron chi connectivity index (χ0n) is 15.9. The minimum atomic E-state index is 0.145. The summed E-state index contributed by atoms with van der Waals surface area (Å²) < 4.78 is 5.40. The predicted molar refractivity (Wildman–Crippen MR) is 103 cm³/mol. The van der Waals surface area contributed by atoms with Crippen molar-refractivity contribution in [3.63, 3.8) is 0 Å². The van der Waals surface area contributed by atoms with Crippen LogP contribution in [0.1, 0.15) is 49.8 Å². The molecule has 1 aliphatic rings. The van der Waals surface area contributed by atoms with Crippen molar-refractivity contribution < 1.29 is 4.52 Å². The van der Waals surface area contributed by atoms with Crippen LogP contribution in [-0.2, 0) is 5.41 Å². The van der Waals surface area contributed by atoms with E-state index in [4.69, 9.17) is 4.52 Å². The van der Waals surface area contributed by atoms with Crippen LogP contribution in [0.4, 0.5) is 5.82 Å². The summed E-state index contributed by atoms with van der Waals surface area (Å²) in [6.45, 7) is 8.98. The second-order valence-electron chi connectivity index (χ2n) is 7.72. The van der Waals surface area contributed by atoms with E-state index < -0.39 is 0 Å². The van der Waals surface area contributed by atoms with E-state index in [1.165, 1.54) is 23.1 Å². The Labute approximate surface area is 154 Å². The Morgan fingerprint density at radius 3 is 2.85 bits per heavy atom. The van der Waals surface area contributed by atoms with E-state index in [2.05, 4.69) is 66.3 Å². The Balaban J connectivity index is 1.73. The average Bonchev–Trinajstić information content (AvgIpc) is 3.12. The lowest BCUT2D eigenvalue weighted by Gasteiger charge is -2.31. The number of hydrogen-bond donors (Lipinski definition) is 1. The molecule has 3 aromatic rings. The van der Waals surface area contributed by atoms with Crippen molar-refractivity contribution in [2.45, 2.75) is 58.4 Å². The fourth-order valence-corrected chi connectivity index (χ4v) is 4.54. The molecule has 3 atom stereocenters. The number of aryl methyl sites for hydroxylation is 2. The van der Waals surface area contributed by atoms with E-state index in [0.717, 1.165) is 24.2 Å². The van der Waals surface area contributed by atoms with Crippen LogP contribution in [0, 0.1) is 19.8 Å². The molecule has 1 aromatic carbocycles. The highest BCUT2D eigenvalue weighted by molar-refractivity contribution is 5.83. The highest BCUT2D eigenvalue weighted by atomic mass is 16.5. The van der Waals surface area contributed by atoms with Crippen LogP contribution in [-0.4, -0.2) is 21.2 Å². The summed E-state index contributed by atoms with van der Waals surface area (Å²) >= 11 is 0. The Morgan fingerprint density at radius 1 is 1.35 bits per heavy atom. The predicted octanol–water partition coefficient (Wildman–Crippen LogP) is 4.79. The first-order chi connectivity index (χ1) is 12.6. The summed E-state index contributed by atoms with van der Waals surface area (Å²) in [5.41, 5.74) is 5.67. The molecule has 2 aromatic heterocycles. The minimum absolute atomic E-state index is 0.145. The van der Waals surface area contributed by atoms with Gasteiger partial charge in [-0.3, -0.25) is 0 Å². The monoisotopic (exact) mass is 350 g/mol. The Hall–Kier alpha value is -2.43. The van der Waals surface area contributed by atoms with Crippen LogP contribution in [0.5, 0.6) is 0 Å². The fraction of sp³-hybridized carbons (Fsp3) is 0.476. The molecule has 0 aliphatic heterocycles. The number of nitrogens with zero attached hydrogens (tertiary/aromatic N) is 3. The first kappa shape index (κ1) is 17.0. The number of benzene rings is 1. The van der Waals surface area contributed by atoms with Crippen LogP contribution >= 0.6 is 0 Å². The van der Waals surface area contributed by atoms with Crippen molar-refractivity contribution in [2.75, 3.05) is 5.32 Å². The van der Waals surface area contributed by atoms with Gasteiger partial charge < -0.3 is 9.84 Å². The van der Waals surface area contributed by atoms with Gasteiger partial charge >= 0.3 is 0 Å². The molecule has 3 unspecified atom stereocenters. The average molecular weight is 350 g/mol. The molecule has 136 valence electrons. The number of rotatable bonds is 6. The lowest BCUT2D eigenvalue weighted by atomic mass is 9.81. The molecule has 0 bridgehead atoms. The van der Waals surface area contributed by atoms with Crippen molar-refractivity contribution in [3.05, 3.63) is 47.4 Å². The van der Waals surface area contributed by atoms with Crippen molar-refractivity contribution in [2.24, 2.45) is 5.92 Å². The van der Waals surface area contributed by atoms with Gasteiger partial charge in [-0.15, -0.1) is 0 Å². The first-order valence-electron chi connectivity index (χ1n) is 9.46. The number of aromatic nitrogens is 3. The molecule has 0 radical (unpaired) electrons. The van der Waals surface area contributed by atoms with Gasteiger partial charge in [0.2, 0.25) is 5.58 Å². The van der Waals surface area contributed by atoms with Gasteiger partial charge in [0, 0.05) is 11.5 Å². The highest BCUT2D eigenvalue weighted by Gasteiger charge is 2.57. The molecular formula is C21H26N4O. The third-order valence-corrected chi connectivity index (χ3v) is 5.89. The summed E-state index contributed by atoms with van der Waals surface area (Å²) in [6.07, 6.45) is 6.59. The molecule has 1 saturated carbocycles. The molecule has 1 fully saturated rings. The van der Waals surface area contributed by atoms with Crippen molar-refractivity contribution in [1.29, 1.82) is 0 Å². The summed E-state index contributed by atoms with van der Waals surface area (Å²) in [6, 6.07) is 7.15. The topological polar surface area (TPSA) is 63.8 Å². The summed E-state index contributed by atoms with van der Waals surface area (Å²) in [5.74, 6) is 1.37. The van der Waals surface area contributed by atoms with Gasteiger partial charge in [-0.05, 0) is 43.7 Å². The van der Waals surface area contributed by atoms with Crippen molar-refractivity contribution in [3.8, 4) is 0 Å². The van der Waals surface area contributed by atoms with Gasteiger partial charge in [-0.2, -0.15) is 0 Å². The fourth-order valence-electron chi connectivity index (χ4n) is 4.54. The van der Waals surface area contributed by atoms with Crippen molar-refractivity contribution in [1.82, 2.24) is 15.1 Å². The second-order valence-corrected chi connectivity index (χ2v) is 7.72. The van der Waals surface area contributed by atoms with Gasteiger partial charge in [0.15, 0.2) is 11.3 Å². The maximum atomic E-state index is 5.40. The molecule has 4 rings (SSSR count). The van der Waals surface area contributed by atoms with Gasteiger partial charge in [-0.1, -0.05) is 49.2 Å². The van der Waals surface area contributed by atoms with E-state index in [9.17, 15) is 0 Å². The number of anilines is 1. The normalized spacial score (nSPS) is 23.2. The van der Waals surface area contributed by atoms with Gasteiger partial charge in [0.05, 0.1) is 6.20 Å². The van der Waals surface area contributed by atoms with Crippen LogP contribution in [0.25, 0.3) is 11.1 Å². The molecular weight excluding hydrogens is 324 g/mol. The highest BCUT2D eigenvalue weighted by Crippen LogP contribution is 2.58. The summed E-state index contributed by atoms with van der Waals surface area (Å²) in [5, 5.41) is 7.91. The zero-order valence-corrected chi connectivity index (χ0v) is 15.9. The molecule has 2 heterocycles. The molecule has 5 nitrogen and oxygen atoms in total. The largest absolute Gasteiger partial charge is 0.362 e. The van der Waals surface area contributed by atoms with Gasteiger partial charge in [0.1, 0.15) is 6.33 Å². The molecule has 0 saturated heterocycles. The molecule has 0 spiro atoms. The third kappa shape index (κ3) is 2.66. The maximum Gasteiger partial charge on any atom is 0.205 e. The van der Waals surface area contributed by atoms with Crippen LogP contribution < -0.4 is 5.32 Å². The minimum Gasteiger partial charge on any atom is -0.362 e. The van der Waals surface area contributed by atoms with Gasteiger partial charge in [-0.25, -0.2) is 9.97 Å². The van der Waals surface area contributed by atoms with E-state index in [-0.39, 0.29) is 5.41 Å². The third-order valence-electron chi connectivity index (χ3n) is 5.89. The SMILES string of the molecule is CCCC(Nc1noc2cncnc12)C1(c2ccc(C)cc2C)CC1C. The van der Waals surface area contributed by atoms with Crippen LogP contribution in [0.15, 0.2) is 35.2 Å². The van der Waals surface area contributed by atoms with Crippen molar-refractivity contribution >= 4 is 16.9 Å². The summed E-state index contributed by atoms with van der Waals surface area (Å²) in [4.78, 5) is 8.36. The summed E-state index contributed by atoms with van der Waals surface area (Å²) in [7, 11) is 0. The molecule has 0 amide bonds. The number of nitrogens with one attached hydrogen (secondary N) is 1. The maximum absolute atomic E-state index is 5.40. The first-order valence-corrected chi connectivity index (χ1v) is 9.46. The van der Waals surface area contributed by atoms with E-state index in [1.54, 1.807) is 12.5 Å². The molecule has 5 heteroatoms. The van der Waals surface area contributed by atoms with E-state index in [0.29, 0.717) is 17.5 Å². The number of hydrogen-bond acceptors (Lipinski definition) is 5. The molecule has 1 aliphatic carbocycles.